The van der Waals surface area contributed by atoms with E-state index in [1.54, 1.807) is 55.5 Å². The van der Waals surface area contributed by atoms with E-state index < -0.39 is 15.9 Å². The van der Waals surface area contributed by atoms with Crippen LogP contribution < -0.4 is 10.0 Å². The number of aryl methyl sites for hydroxylation is 2. The molecule has 0 bridgehead atoms. The Morgan fingerprint density at radius 3 is 2.42 bits per heavy atom. The first-order chi connectivity index (χ1) is 12.3. The van der Waals surface area contributed by atoms with Crippen LogP contribution in [-0.4, -0.2) is 14.3 Å². The van der Waals surface area contributed by atoms with Crippen LogP contribution in [0.2, 0.25) is 0 Å². The van der Waals surface area contributed by atoms with Crippen molar-refractivity contribution in [3.63, 3.8) is 0 Å². The Morgan fingerprint density at radius 1 is 0.962 bits per heavy atom. The molecule has 6 nitrogen and oxygen atoms in total. The molecule has 3 aromatic rings. The third-order valence-electron chi connectivity index (χ3n) is 3.74. The molecular formula is C19H18N2O4S. The maximum absolute atomic E-state index is 12.6. The van der Waals surface area contributed by atoms with E-state index >= 15 is 0 Å². The van der Waals surface area contributed by atoms with E-state index in [2.05, 4.69) is 10.0 Å². The molecule has 1 heterocycles. The molecule has 0 aliphatic carbocycles. The second-order valence-corrected chi connectivity index (χ2v) is 7.54. The summed E-state index contributed by atoms with van der Waals surface area (Å²) in [5.74, 6) is -0.240. The highest BCUT2D eigenvalue weighted by atomic mass is 32.2. The third kappa shape index (κ3) is 3.94. The van der Waals surface area contributed by atoms with Crippen molar-refractivity contribution in [1.29, 1.82) is 0 Å². The number of hydrogen-bond donors (Lipinski definition) is 2. The average molecular weight is 370 g/mol. The van der Waals surface area contributed by atoms with Gasteiger partial charge in [-0.15, -0.1) is 0 Å². The summed E-state index contributed by atoms with van der Waals surface area (Å²) in [6, 6.07) is 14.8. The molecule has 1 aromatic heterocycles. The van der Waals surface area contributed by atoms with Crippen LogP contribution in [0.15, 0.2) is 70.2 Å². The van der Waals surface area contributed by atoms with Crippen LogP contribution in [0.1, 0.15) is 21.7 Å². The third-order valence-corrected chi connectivity index (χ3v) is 5.28. The van der Waals surface area contributed by atoms with Crippen molar-refractivity contribution in [1.82, 2.24) is 0 Å². The van der Waals surface area contributed by atoms with Gasteiger partial charge in [0.25, 0.3) is 15.9 Å². The lowest BCUT2D eigenvalue weighted by molar-refractivity contribution is 0.0996. The highest BCUT2D eigenvalue weighted by Gasteiger charge is 2.17. The monoisotopic (exact) mass is 370 g/mol. The minimum atomic E-state index is -3.73. The van der Waals surface area contributed by atoms with Gasteiger partial charge in [0.1, 0.15) is 0 Å². The normalized spacial score (nSPS) is 11.2. The van der Waals surface area contributed by atoms with Crippen LogP contribution in [0.4, 0.5) is 11.4 Å². The largest absolute Gasteiger partial charge is 0.459 e. The molecule has 1 amide bonds. The van der Waals surface area contributed by atoms with Gasteiger partial charge in [-0.1, -0.05) is 23.8 Å². The number of carbonyl (C=O) groups is 1. The van der Waals surface area contributed by atoms with Crippen molar-refractivity contribution >= 4 is 27.3 Å². The molecule has 0 aliphatic rings. The van der Waals surface area contributed by atoms with Gasteiger partial charge in [-0.2, -0.15) is 0 Å². The number of furan rings is 1. The number of sulfonamides is 1. The summed E-state index contributed by atoms with van der Waals surface area (Å²) in [4.78, 5) is 12.2. The second-order valence-electron chi connectivity index (χ2n) is 5.89. The van der Waals surface area contributed by atoms with Crippen LogP contribution in [-0.2, 0) is 10.0 Å². The van der Waals surface area contributed by atoms with Crippen molar-refractivity contribution in [3.05, 3.63) is 77.7 Å². The van der Waals surface area contributed by atoms with Crippen molar-refractivity contribution in [2.75, 3.05) is 10.0 Å². The molecule has 0 spiro atoms. The Balaban J connectivity index is 1.81. The van der Waals surface area contributed by atoms with E-state index in [0.29, 0.717) is 16.9 Å². The Bertz CT molecular complexity index is 1040. The zero-order valence-electron chi connectivity index (χ0n) is 14.3. The minimum absolute atomic E-state index is 0.172. The van der Waals surface area contributed by atoms with Gasteiger partial charge in [0.05, 0.1) is 16.8 Å². The van der Waals surface area contributed by atoms with Gasteiger partial charge in [0.2, 0.25) is 0 Å². The maximum Gasteiger partial charge on any atom is 0.291 e. The smallest absolute Gasteiger partial charge is 0.291 e. The molecule has 0 fully saturated rings. The SMILES string of the molecule is Cc1ccc(S(=O)(=O)Nc2cccc(NC(=O)c3ccco3)c2)c(C)c1. The molecule has 3 rings (SSSR count). The fraction of sp³-hybridized carbons (Fsp3) is 0.105. The van der Waals surface area contributed by atoms with Crippen LogP contribution in [0.5, 0.6) is 0 Å². The van der Waals surface area contributed by atoms with Crippen LogP contribution >= 0.6 is 0 Å². The summed E-state index contributed by atoms with van der Waals surface area (Å²) in [7, 11) is -3.73. The van der Waals surface area contributed by atoms with E-state index in [1.165, 1.54) is 6.26 Å². The molecule has 2 N–H and O–H groups in total. The number of amides is 1. The van der Waals surface area contributed by atoms with Gasteiger partial charge in [0.15, 0.2) is 5.76 Å². The van der Waals surface area contributed by atoms with E-state index in [-0.39, 0.29) is 10.7 Å². The number of rotatable bonds is 5. The van der Waals surface area contributed by atoms with E-state index in [4.69, 9.17) is 4.42 Å². The molecule has 0 atom stereocenters. The Hall–Kier alpha value is -3.06. The average Bonchev–Trinajstić information content (AvgIpc) is 3.09. The summed E-state index contributed by atoms with van der Waals surface area (Å²) < 4.78 is 32.9. The highest BCUT2D eigenvalue weighted by molar-refractivity contribution is 7.92. The van der Waals surface area contributed by atoms with Crippen LogP contribution in [0.3, 0.4) is 0 Å². The lowest BCUT2D eigenvalue weighted by Gasteiger charge is -2.12. The van der Waals surface area contributed by atoms with Gasteiger partial charge in [-0.3, -0.25) is 9.52 Å². The van der Waals surface area contributed by atoms with Crippen molar-refractivity contribution < 1.29 is 17.6 Å². The Morgan fingerprint density at radius 2 is 1.73 bits per heavy atom. The number of benzene rings is 2. The number of anilines is 2. The topological polar surface area (TPSA) is 88.4 Å². The first-order valence-corrected chi connectivity index (χ1v) is 9.38. The van der Waals surface area contributed by atoms with Gasteiger partial charge >= 0.3 is 0 Å². The predicted molar refractivity (Wildman–Crippen MR) is 99.8 cm³/mol. The molecule has 0 saturated heterocycles. The summed E-state index contributed by atoms with van der Waals surface area (Å²) in [6.45, 7) is 3.66. The molecule has 26 heavy (non-hydrogen) atoms. The zero-order chi connectivity index (χ0) is 18.7. The molecule has 2 aromatic carbocycles. The number of hydrogen-bond acceptors (Lipinski definition) is 4. The Kier molecular flexibility index (Phi) is 4.81. The van der Waals surface area contributed by atoms with E-state index in [0.717, 1.165) is 5.56 Å². The first-order valence-electron chi connectivity index (χ1n) is 7.90. The van der Waals surface area contributed by atoms with Crippen molar-refractivity contribution in [3.8, 4) is 0 Å². The molecule has 0 saturated carbocycles. The van der Waals surface area contributed by atoms with Gasteiger partial charge in [-0.05, 0) is 55.8 Å². The maximum atomic E-state index is 12.6. The lowest BCUT2D eigenvalue weighted by atomic mass is 10.2. The van der Waals surface area contributed by atoms with E-state index in [9.17, 15) is 13.2 Å². The predicted octanol–water partition coefficient (Wildman–Crippen LogP) is 3.95. The molecular weight excluding hydrogens is 352 g/mol. The van der Waals surface area contributed by atoms with Gasteiger partial charge in [-0.25, -0.2) is 8.42 Å². The fourth-order valence-corrected chi connectivity index (χ4v) is 3.85. The highest BCUT2D eigenvalue weighted by Crippen LogP contribution is 2.22. The molecule has 134 valence electrons. The van der Waals surface area contributed by atoms with Crippen LogP contribution in [0, 0.1) is 13.8 Å². The lowest BCUT2D eigenvalue weighted by Crippen LogP contribution is -2.15. The van der Waals surface area contributed by atoms with Gasteiger partial charge in [0, 0.05) is 5.69 Å². The van der Waals surface area contributed by atoms with Crippen molar-refractivity contribution in [2.24, 2.45) is 0 Å². The molecule has 0 aliphatic heterocycles. The van der Waals surface area contributed by atoms with Crippen molar-refractivity contribution in [2.45, 2.75) is 18.7 Å². The fourth-order valence-electron chi connectivity index (χ4n) is 2.57. The molecule has 0 radical (unpaired) electrons. The minimum Gasteiger partial charge on any atom is -0.459 e. The summed E-state index contributed by atoms with van der Waals surface area (Å²) in [6.07, 6.45) is 1.41. The van der Waals surface area contributed by atoms with E-state index in [1.807, 2.05) is 13.0 Å². The summed E-state index contributed by atoms with van der Waals surface area (Å²) in [5, 5.41) is 2.66. The quantitative estimate of drug-likeness (QED) is 0.712. The summed E-state index contributed by atoms with van der Waals surface area (Å²) >= 11 is 0. The molecule has 7 heteroatoms. The van der Waals surface area contributed by atoms with Gasteiger partial charge < -0.3 is 9.73 Å². The first kappa shape index (κ1) is 17.8. The Labute approximate surface area is 151 Å². The second kappa shape index (κ2) is 7.05. The zero-order valence-corrected chi connectivity index (χ0v) is 15.1. The number of carbonyl (C=O) groups excluding carboxylic acids is 1. The number of nitrogens with one attached hydrogen (secondary N) is 2. The van der Waals surface area contributed by atoms with Crippen LogP contribution in [0.25, 0.3) is 0 Å². The standard InChI is InChI=1S/C19H18N2O4S/c1-13-8-9-18(14(2)11-13)26(23,24)21-16-6-3-5-15(12-16)20-19(22)17-7-4-10-25-17/h3-12,21H,1-2H3,(H,20,22). The molecule has 0 unspecified atom stereocenters. The summed E-state index contributed by atoms with van der Waals surface area (Å²) in [5.41, 5.74) is 2.46.